The zero-order valence-electron chi connectivity index (χ0n) is 16.3. The summed E-state index contributed by atoms with van der Waals surface area (Å²) in [6, 6.07) is 21.3. The van der Waals surface area contributed by atoms with E-state index in [2.05, 4.69) is 5.32 Å². The van der Waals surface area contributed by atoms with E-state index in [1.54, 1.807) is 36.4 Å². The van der Waals surface area contributed by atoms with Crippen molar-refractivity contribution in [2.75, 3.05) is 11.9 Å². The number of rotatable bonds is 6. The molecule has 6 heteroatoms. The first kappa shape index (κ1) is 19.3. The van der Waals surface area contributed by atoms with E-state index in [1.165, 1.54) is 6.26 Å². The van der Waals surface area contributed by atoms with Crippen molar-refractivity contribution < 1.29 is 18.7 Å². The summed E-state index contributed by atoms with van der Waals surface area (Å²) in [5.74, 6) is 0.793. The summed E-state index contributed by atoms with van der Waals surface area (Å²) in [5, 5.41) is 3.10. The van der Waals surface area contributed by atoms with Crippen LogP contribution < -0.4 is 20.2 Å². The van der Waals surface area contributed by atoms with Crippen LogP contribution in [-0.4, -0.2) is 12.5 Å². The molecule has 4 rings (SSSR count). The second-order valence-corrected chi connectivity index (χ2v) is 6.71. The minimum absolute atomic E-state index is 0.101. The Morgan fingerprint density at radius 2 is 1.80 bits per heavy atom. The number of hydrogen-bond donors (Lipinski definition) is 1. The molecule has 0 spiro atoms. The highest BCUT2D eigenvalue weighted by Crippen LogP contribution is 2.24. The number of aryl methyl sites for hydroxylation is 1. The average molecular weight is 401 g/mol. The van der Waals surface area contributed by atoms with Crippen LogP contribution >= 0.6 is 0 Å². The average Bonchev–Trinajstić information content (AvgIpc) is 2.75. The van der Waals surface area contributed by atoms with E-state index in [4.69, 9.17) is 13.9 Å². The van der Waals surface area contributed by atoms with Crippen molar-refractivity contribution in [2.24, 2.45) is 0 Å². The highest BCUT2D eigenvalue weighted by atomic mass is 16.5. The molecule has 0 aliphatic carbocycles. The Morgan fingerprint density at radius 3 is 2.60 bits per heavy atom. The van der Waals surface area contributed by atoms with Crippen LogP contribution in [0.4, 0.5) is 5.69 Å². The Morgan fingerprint density at radius 1 is 0.967 bits per heavy atom. The highest BCUT2D eigenvalue weighted by Gasteiger charge is 2.11. The number of para-hydroxylation sites is 1. The van der Waals surface area contributed by atoms with Crippen molar-refractivity contribution in [1.82, 2.24) is 0 Å². The highest BCUT2D eigenvalue weighted by molar-refractivity contribution is 5.91. The van der Waals surface area contributed by atoms with Crippen LogP contribution in [0, 0.1) is 6.92 Å². The number of nitrogens with one attached hydrogen (secondary N) is 1. The van der Waals surface area contributed by atoms with E-state index >= 15 is 0 Å². The molecule has 1 N–H and O–H groups in total. The molecule has 0 atom stereocenters. The topological polar surface area (TPSA) is 77.8 Å². The Bertz CT molecular complexity index is 1250. The summed E-state index contributed by atoms with van der Waals surface area (Å²) in [6.07, 6.45) is 1.28. The fourth-order valence-electron chi connectivity index (χ4n) is 2.92. The smallest absolute Gasteiger partial charge is 0.262 e. The molecule has 1 amide bonds. The number of carbonyl (C=O) groups excluding carboxylic acids is 1. The van der Waals surface area contributed by atoms with Gasteiger partial charge in [0.2, 0.25) is 11.2 Å². The molecule has 6 nitrogen and oxygen atoms in total. The predicted octanol–water partition coefficient (Wildman–Crippen LogP) is 4.91. The number of amides is 1. The summed E-state index contributed by atoms with van der Waals surface area (Å²) >= 11 is 0. The number of fused-ring (bicyclic) bond motifs is 1. The first-order valence-electron chi connectivity index (χ1n) is 9.36. The predicted molar refractivity (Wildman–Crippen MR) is 114 cm³/mol. The molecule has 4 aromatic rings. The van der Waals surface area contributed by atoms with Gasteiger partial charge in [-0.2, -0.15) is 0 Å². The largest absolute Gasteiger partial charge is 0.484 e. The van der Waals surface area contributed by atoms with E-state index in [0.29, 0.717) is 28.2 Å². The van der Waals surface area contributed by atoms with Crippen LogP contribution in [-0.2, 0) is 4.79 Å². The lowest BCUT2D eigenvalue weighted by molar-refractivity contribution is -0.118. The first-order chi connectivity index (χ1) is 14.6. The summed E-state index contributed by atoms with van der Waals surface area (Å²) in [4.78, 5) is 24.7. The summed E-state index contributed by atoms with van der Waals surface area (Å²) in [7, 11) is 0. The number of carbonyl (C=O) groups is 1. The standard InChI is InChI=1S/C24H19NO5/c1-16-6-5-9-19(12-16)30-22-14-29-21-13-18(10-11-20(21)24(22)27)28-15-23(26)25-17-7-3-2-4-8-17/h2-14H,15H2,1H3,(H,25,26). The molecule has 0 unspecified atom stereocenters. The molecule has 0 saturated carbocycles. The fraction of sp³-hybridized carbons (Fsp3) is 0.0833. The van der Waals surface area contributed by atoms with Crippen molar-refractivity contribution in [3.63, 3.8) is 0 Å². The van der Waals surface area contributed by atoms with Gasteiger partial charge in [0.1, 0.15) is 23.3 Å². The molecule has 1 aromatic heterocycles. The second-order valence-electron chi connectivity index (χ2n) is 6.71. The van der Waals surface area contributed by atoms with E-state index in [-0.39, 0.29) is 23.7 Å². The molecule has 0 fully saturated rings. The third kappa shape index (κ3) is 4.50. The first-order valence-corrected chi connectivity index (χ1v) is 9.36. The quantitative estimate of drug-likeness (QED) is 0.497. The molecule has 0 aliphatic rings. The van der Waals surface area contributed by atoms with E-state index in [1.807, 2.05) is 43.3 Å². The molecule has 0 aliphatic heterocycles. The van der Waals surface area contributed by atoms with Crippen LogP contribution in [0.2, 0.25) is 0 Å². The molecular formula is C24H19NO5. The van der Waals surface area contributed by atoms with E-state index in [0.717, 1.165) is 5.56 Å². The zero-order valence-corrected chi connectivity index (χ0v) is 16.3. The van der Waals surface area contributed by atoms with Crippen LogP contribution in [0.1, 0.15) is 5.56 Å². The van der Waals surface area contributed by atoms with Gasteiger partial charge in [-0.25, -0.2) is 0 Å². The van der Waals surface area contributed by atoms with Gasteiger partial charge in [0.15, 0.2) is 6.61 Å². The zero-order chi connectivity index (χ0) is 20.9. The van der Waals surface area contributed by atoms with Crippen LogP contribution in [0.3, 0.4) is 0 Å². The van der Waals surface area contributed by atoms with Crippen LogP contribution in [0.15, 0.2) is 88.3 Å². The molecule has 30 heavy (non-hydrogen) atoms. The Kier molecular flexibility index (Phi) is 5.48. The van der Waals surface area contributed by atoms with Crippen molar-refractivity contribution in [3.05, 3.63) is 94.8 Å². The van der Waals surface area contributed by atoms with Gasteiger partial charge in [-0.15, -0.1) is 0 Å². The maximum atomic E-state index is 12.7. The monoisotopic (exact) mass is 401 g/mol. The molecular weight excluding hydrogens is 382 g/mol. The lowest BCUT2D eigenvalue weighted by Gasteiger charge is -2.09. The maximum Gasteiger partial charge on any atom is 0.262 e. The van der Waals surface area contributed by atoms with Crippen molar-refractivity contribution in [1.29, 1.82) is 0 Å². The maximum absolute atomic E-state index is 12.7. The van der Waals surface area contributed by atoms with Crippen LogP contribution in [0.5, 0.6) is 17.2 Å². The van der Waals surface area contributed by atoms with Gasteiger partial charge in [-0.05, 0) is 48.9 Å². The number of hydrogen-bond acceptors (Lipinski definition) is 5. The molecule has 0 radical (unpaired) electrons. The molecule has 150 valence electrons. The summed E-state index contributed by atoms with van der Waals surface area (Å²) < 4.78 is 16.8. The summed E-state index contributed by atoms with van der Waals surface area (Å²) in [6.45, 7) is 1.77. The normalized spacial score (nSPS) is 10.6. The Balaban J connectivity index is 1.46. The lowest BCUT2D eigenvalue weighted by Crippen LogP contribution is -2.20. The Hall–Kier alpha value is -4.06. The van der Waals surface area contributed by atoms with Gasteiger partial charge >= 0.3 is 0 Å². The minimum atomic E-state index is -0.287. The van der Waals surface area contributed by atoms with E-state index < -0.39 is 0 Å². The number of anilines is 1. The fourth-order valence-corrected chi connectivity index (χ4v) is 2.92. The molecule has 0 bridgehead atoms. The lowest BCUT2D eigenvalue weighted by atomic mass is 10.2. The van der Waals surface area contributed by atoms with Gasteiger partial charge < -0.3 is 19.2 Å². The van der Waals surface area contributed by atoms with Crippen molar-refractivity contribution in [3.8, 4) is 17.2 Å². The van der Waals surface area contributed by atoms with E-state index in [9.17, 15) is 9.59 Å². The Labute approximate surface area is 172 Å². The third-order valence-electron chi connectivity index (χ3n) is 4.36. The van der Waals surface area contributed by atoms with Gasteiger partial charge in [-0.1, -0.05) is 30.3 Å². The molecule has 0 saturated heterocycles. The van der Waals surface area contributed by atoms with Gasteiger partial charge in [0, 0.05) is 11.8 Å². The van der Waals surface area contributed by atoms with Crippen molar-refractivity contribution >= 4 is 22.6 Å². The minimum Gasteiger partial charge on any atom is -0.484 e. The van der Waals surface area contributed by atoms with Crippen molar-refractivity contribution in [2.45, 2.75) is 6.92 Å². The van der Waals surface area contributed by atoms with Crippen LogP contribution in [0.25, 0.3) is 11.0 Å². The second kappa shape index (κ2) is 8.53. The summed E-state index contributed by atoms with van der Waals surface area (Å²) in [5.41, 5.74) is 1.77. The third-order valence-corrected chi connectivity index (χ3v) is 4.36. The SMILES string of the molecule is Cc1cccc(Oc2coc3cc(OCC(=O)Nc4ccccc4)ccc3c2=O)c1. The van der Waals surface area contributed by atoms with Gasteiger partial charge in [0.05, 0.1) is 5.39 Å². The van der Waals surface area contributed by atoms with Gasteiger partial charge in [0.25, 0.3) is 5.91 Å². The number of ether oxygens (including phenoxy) is 2. The number of benzene rings is 3. The molecule has 3 aromatic carbocycles. The van der Waals surface area contributed by atoms with Gasteiger partial charge in [-0.3, -0.25) is 9.59 Å². The molecule has 1 heterocycles.